The summed E-state index contributed by atoms with van der Waals surface area (Å²) in [7, 11) is 0. The summed E-state index contributed by atoms with van der Waals surface area (Å²) >= 11 is 0. The van der Waals surface area contributed by atoms with E-state index in [0.29, 0.717) is 49.1 Å². The van der Waals surface area contributed by atoms with Crippen LogP contribution in [0, 0.1) is 0 Å². The van der Waals surface area contributed by atoms with Gasteiger partial charge in [-0.05, 0) is 26.0 Å². The largest absolute Gasteiger partial charge is 0.471 e. The van der Waals surface area contributed by atoms with Crippen molar-refractivity contribution in [2.24, 2.45) is 5.73 Å². The molecule has 9 nitrogen and oxygen atoms in total. The molecule has 1 saturated heterocycles. The average molecular weight is 394 g/mol. The van der Waals surface area contributed by atoms with Gasteiger partial charge in [0.05, 0.1) is 13.2 Å². The molecule has 0 atom stereocenters. The van der Waals surface area contributed by atoms with Crippen molar-refractivity contribution in [1.29, 1.82) is 0 Å². The Labute approximate surface area is 167 Å². The quantitative estimate of drug-likeness (QED) is 0.716. The minimum atomic E-state index is -0.571. The SMILES string of the molecule is CC1(C)Cc2cc(-c3nn4cccnc4c3C(N)=O)c(N3CCOCC3)nc2O1. The van der Waals surface area contributed by atoms with E-state index in [-0.39, 0.29) is 5.60 Å². The zero-order valence-electron chi connectivity index (χ0n) is 16.4. The third-order valence-corrected chi connectivity index (χ3v) is 5.24. The Morgan fingerprint density at radius 2 is 2.07 bits per heavy atom. The molecule has 0 aromatic carbocycles. The predicted molar refractivity (Wildman–Crippen MR) is 106 cm³/mol. The normalized spacial score (nSPS) is 17.9. The van der Waals surface area contributed by atoms with Gasteiger partial charge in [-0.2, -0.15) is 10.1 Å². The molecule has 150 valence electrons. The fourth-order valence-corrected chi connectivity index (χ4v) is 3.99. The van der Waals surface area contributed by atoms with E-state index in [1.807, 2.05) is 19.9 Å². The monoisotopic (exact) mass is 394 g/mol. The molecule has 0 aliphatic carbocycles. The van der Waals surface area contributed by atoms with Crippen LogP contribution >= 0.6 is 0 Å². The lowest BCUT2D eigenvalue weighted by atomic mass is 9.99. The topological polar surface area (TPSA) is 108 Å². The number of carbonyl (C=O) groups is 1. The number of carbonyl (C=O) groups excluding carboxylic acids is 1. The lowest BCUT2D eigenvalue weighted by molar-refractivity contribution is 0.100. The van der Waals surface area contributed by atoms with Gasteiger partial charge in [-0.15, -0.1) is 0 Å². The van der Waals surface area contributed by atoms with E-state index in [4.69, 9.17) is 20.2 Å². The van der Waals surface area contributed by atoms with E-state index in [1.165, 1.54) is 0 Å². The third kappa shape index (κ3) is 2.98. The predicted octanol–water partition coefficient (Wildman–Crippen LogP) is 1.44. The Bertz CT molecular complexity index is 1120. The van der Waals surface area contributed by atoms with E-state index >= 15 is 0 Å². The number of morpholine rings is 1. The molecular formula is C20H22N6O3. The lowest BCUT2D eigenvalue weighted by Crippen LogP contribution is -2.37. The van der Waals surface area contributed by atoms with Gasteiger partial charge in [-0.1, -0.05) is 0 Å². The van der Waals surface area contributed by atoms with Crippen molar-refractivity contribution in [1.82, 2.24) is 19.6 Å². The molecule has 29 heavy (non-hydrogen) atoms. The molecule has 3 aromatic heterocycles. The number of rotatable bonds is 3. The van der Waals surface area contributed by atoms with Crippen molar-refractivity contribution >= 4 is 17.4 Å². The standard InChI is InChI=1S/C20H22N6O3/c1-20(2)11-12-10-13(17(23-19(12)29-20)25-6-8-28-9-7-25)15-14(16(21)27)18-22-4-3-5-26(18)24-15/h3-5,10H,6-9,11H2,1-2H3,(H2,21,27). The summed E-state index contributed by atoms with van der Waals surface area (Å²) in [6.45, 7) is 6.68. The second-order valence-electron chi connectivity index (χ2n) is 7.94. The molecule has 0 spiro atoms. The number of nitrogens with two attached hydrogens (primary N) is 1. The summed E-state index contributed by atoms with van der Waals surface area (Å²) in [4.78, 5) is 23.6. The summed E-state index contributed by atoms with van der Waals surface area (Å²) in [5.74, 6) is 0.775. The number of fused-ring (bicyclic) bond motifs is 2. The van der Waals surface area contributed by atoms with Gasteiger partial charge in [0.1, 0.15) is 22.7 Å². The molecule has 5 heterocycles. The molecule has 2 N–H and O–H groups in total. The number of amides is 1. The first-order valence-corrected chi connectivity index (χ1v) is 9.62. The van der Waals surface area contributed by atoms with Crippen LogP contribution in [0.2, 0.25) is 0 Å². The van der Waals surface area contributed by atoms with Crippen molar-refractivity contribution in [3.8, 4) is 17.1 Å². The molecule has 3 aromatic rings. The Morgan fingerprint density at radius 3 is 2.83 bits per heavy atom. The number of hydrogen-bond acceptors (Lipinski definition) is 7. The molecule has 0 bridgehead atoms. The Kier molecular flexibility index (Phi) is 3.95. The minimum Gasteiger partial charge on any atom is -0.471 e. The second kappa shape index (κ2) is 6.41. The second-order valence-corrected chi connectivity index (χ2v) is 7.94. The molecule has 2 aliphatic heterocycles. The highest BCUT2D eigenvalue weighted by Crippen LogP contribution is 2.41. The number of pyridine rings is 1. The zero-order valence-corrected chi connectivity index (χ0v) is 16.4. The maximum Gasteiger partial charge on any atom is 0.254 e. The zero-order chi connectivity index (χ0) is 20.2. The molecule has 9 heteroatoms. The van der Waals surface area contributed by atoms with Gasteiger partial charge in [0, 0.05) is 43.0 Å². The maximum absolute atomic E-state index is 12.3. The average Bonchev–Trinajstić information content (AvgIpc) is 3.23. The molecular weight excluding hydrogens is 372 g/mol. The van der Waals surface area contributed by atoms with Crippen molar-refractivity contribution in [2.75, 3.05) is 31.2 Å². The van der Waals surface area contributed by atoms with Gasteiger partial charge in [0.25, 0.3) is 5.91 Å². The van der Waals surface area contributed by atoms with Gasteiger partial charge in [-0.3, -0.25) is 4.79 Å². The summed E-state index contributed by atoms with van der Waals surface area (Å²) in [6, 6.07) is 3.78. The Hall–Kier alpha value is -3.20. The molecule has 1 amide bonds. The van der Waals surface area contributed by atoms with Crippen LogP contribution in [0.4, 0.5) is 5.82 Å². The van der Waals surface area contributed by atoms with Gasteiger partial charge in [-0.25, -0.2) is 9.50 Å². The maximum atomic E-state index is 12.3. The summed E-state index contributed by atoms with van der Waals surface area (Å²) in [5, 5.41) is 4.64. The highest BCUT2D eigenvalue weighted by atomic mass is 16.5. The van der Waals surface area contributed by atoms with Crippen LogP contribution in [0.5, 0.6) is 5.88 Å². The number of ether oxygens (including phenoxy) is 2. The van der Waals surface area contributed by atoms with Crippen LogP contribution in [-0.4, -0.2) is 57.4 Å². The van der Waals surface area contributed by atoms with Gasteiger partial charge in [0.2, 0.25) is 5.88 Å². The first-order chi connectivity index (χ1) is 13.9. The lowest BCUT2D eigenvalue weighted by Gasteiger charge is -2.29. The van der Waals surface area contributed by atoms with E-state index in [1.54, 1.807) is 23.0 Å². The third-order valence-electron chi connectivity index (χ3n) is 5.24. The molecule has 2 aliphatic rings. The number of anilines is 1. The van der Waals surface area contributed by atoms with Gasteiger partial charge < -0.3 is 20.1 Å². The van der Waals surface area contributed by atoms with Crippen LogP contribution in [-0.2, 0) is 11.2 Å². The van der Waals surface area contributed by atoms with Crippen molar-refractivity contribution in [3.05, 3.63) is 35.7 Å². The van der Waals surface area contributed by atoms with Crippen molar-refractivity contribution in [2.45, 2.75) is 25.9 Å². The summed E-state index contributed by atoms with van der Waals surface area (Å²) in [5.41, 5.74) is 8.36. The van der Waals surface area contributed by atoms with Crippen LogP contribution < -0.4 is 15.4 Å². The van der Waals surface area contributed by atoms with Gasteiger partial charge >= 0.3 is 0 Å². The number of nitrogens with zero attached hydrogens (tertiary/aromatic N) is 5. The van der Waals surface area contributed by atoms with E-state index < -0.39 is 5.91 Å². The molecule has 0 radical (unpaired) electrons. The van der Waals surface area contributed by atoms with Crippen LogP contribution in [0.1, 0.15) is 29.8 Å². The fraction of sp³-hybridized carbons (Fsp3) is 0.400. The van der Waals surface area contributed by atoms with Crippen LogP contribution in [0.25, 0.3) is 16.9 Å². The Morgan fingerprint density at radius 1 is 1.28 bits per heavy atom. The minimum absolute atomic E-state index is 0.292. The summed E-state index contributed by atoms with van der Waals surface area (Å²) in [6.07, 6.45) is 4.09. The summed E-state index contributed by atoms with van der Waals surface area (Å²) < 4.78 is 13.1. The molecule has 0 unspecified atom stereocenters. The van der Waals surface area contributed by atoms with E-state index in [0.717, 1.165) is 23.4 Å². The first-order valence-electron chi connectivity index (χ1n) is 9.62. The fourth-order valence-electron chi connectivity index (χ4n) is 3.99. The van der Waals surface area contributed by atoms with Crippen LogP contribution in [0.15, 0.2) is 24.5 Å². The van der Waals surface area contributed by atoms with E-state index in [9.17, 15) is 4.79 Å². The smallest absolute Gasteiger partial charge is 0.254 e. The highest BCUT2D eigenvalue weighted by molar-refractivity contribution is 6.05. The molecule has 0 saturated carbocycles. The van der Waals surface area contributed by atoms with Crippen molar-refractivity contribution < 1.29 is 14.3 Å². The number of hydrogen-bond donors (Lipinski definition) is 1. The van der Waals surface area contributed by atoms with Crippen LogP contribution in [0.3, 0.4) is 0 Å². The van der Waals surface area contributed by atoms with Crippen molar-refractivity contribution in [3.63, 3.8) is 0 Å². The number of aromatic nitrogens is 4. The highest BCUT2D eigenvalue weighted by Gasteiger charge is 2.35. The van der Waals surface area contributed by atoms with E-state index in [2.05, 4.69) is 15.0 Å². The first kappa shape index (κ1) is 17.9. The molecule has 5 rings (SSSR count). The number of primary amides is 1. The van der Waals surface area contributed by atoms with Gasteiger partial charge in [0.15, 0.2) is 5.65 Å². The Balaban J connectivity index is 1.75. The molecule has 1 fully saturated rings.